The smallest absolute Gasteiger partial charge is 0.0941 e. The summed E-state index contributed by atoms with van der Waals surface area (Å²) in [6, 6.07) is 8.44. The largest absolute Gasteiger partial charge is 0.378 e. The normalized spacial score (nSPS) is 24.7. The summed E-state index contributed by atoms with van der Waals surface area (Å²) in [5, 5.41) is 3.26. The second-order valence-electron chi connectivity index (χ2n) is 4.67. The van der Waals surface area contributed by atoms with Gasteiger partial charge in [0.15, 0.2) is 0 Å². The molecule has 0 amide bonds. The van der Waals surface area contributed by atoms with Crippen molar-refractivity contribution in [2.24, 2.45) is 5.92 Å². The van der Waals surface area contributed by atoms with E-state index < -0.39 is 0 Å². The lowest BCUT2D eigenvalue weighted by Gasteiger charge is -2.18. The predicted molar refractivity (Wildman–Crippen MR) is 65.8 cm³/mol. The van der Waals surface area contributed by atoms with Crippen LogP contribution in [0.2, 0.25) is 0 Å². The first kappa shape index (κ1) is 11.4. The third-order valence-corrected chi connectivity index (χ3v) is 3.38. The predicted octanol–water partition coefficient (Wildman–Crippen LogP) is 2.03. The Kier molecular flexibility index (Phi) is 3.44. The number of benzene rings is 1. The first-order chi connectivity index (χ1) is 7.72. The van der Waals surface area contributed by atoms with E-state index in [1.807, 2.05) is 14.1 Å². The number of alkyl halides is 1. The highest BCUT2D eigenvalue weighted by Gasteiger charge is 2.28. The summed E-state index contributed by atoms with van der Waals surface area (Å²) < 4.78 is 12.8. The molecule has 3 heteroatoms. The third-order valence-electron chi connectivity index (χ3n) is 3.38. The summed E-state index contributed by atoms with van der Waals surface area (Å²) in [6.07, 6.45) is 0. The molecule has 16 heavy (non-hydrogen) atoms. The van der Waals surface area contributed by atoms with Crippen LogP contribution in [0.4, 0.5) is 10.1 Å². The van der Waals surface area contributed by atoms with Crippen molar-refractivity contribution in [1.82, 2.24) is 5.32 Å². The maximum absolute atomic E-state index is 12.8. The van der Waals surface area contributed by atoms with Crippen molar-refractivity contribution in [3.8, 4) is 0 Å². The number of halogens is 1. The average Bonchev–Trinajstić information content (AvgIpc) is 2.77. The molecule has 2 atom stereocenters. The van der Waals surface area contributed by atoms with Gasteiger partial charge in [-0.25, -0.2) is 0 Å². The number of hydrogen-bond donors (Lipinski definition) is 1. The van der Waals surface area contributed by atoms with Crippen LogP contribution in [0.3, 0.4) is 0 Å². The quantitative estimate of drug-likeness (QED) is 0.841. The first-order valence-corrected chi connectivity index (χ1v) is 5.76. The minimum Gasteiger partial charge on any atom is -0.378 e. The molecule has 0 aliphatic carbocycles. The molecule has 0 saturated carbocycles. The van der Waals surface area contributed by atoms with E-state index in [0.29, 0.717) is 5.92 Å². The average molecular weight is 222 g/mol. The topological polar surface area (TPSA) is 15.3 Å². The van der Waals surface area contributed by atoms with Gasteiger partial charge < -0.3 is 10.2 Å². The lowest BCUT2D eigenvalue weighted by Crippen LogP contribution is -2.13. The minimum atomic E-state index is -0.229. The molecule has 0 unspecified atom stereocenters. The summed E-state index contributed by atoms with van der Waals surface area (Å²) in [5.74, 6) is 0.478. The van der Waals surface area contributed by atoms with Crippen molar-refractivity contribution in [2.45, 2.75) is 5.92 Å². The molecule has 1 fully saturated rings. The van der Waals surface area contributed by atoms with Crippen LogP contribution in [0.5, 0.6) is 0 Å². The van der Waals surface area contributed by atoms with Crippen LogP contribution < -0.4 is 10.2 Å². The van der Waals surface area contributed by atoms with E-state index in [0.717, 1.165) is 13.1 Å². The molecule has 2 nitrogen and oxygen atoms in total. The molecule has 1 heterocycles. The van der Waals surface area contributed by atoms with Crippen molar-refractivity contribution < 1.29 is 4.39 Å². The van der Waals surface area contributed by atoms with Gasteiger partial charge in [0.05, 0.1) is 6.67 Å². The molecule has 0 spiro atoms. The lowest BCUT2D eigenvalue weighted by atomic mass is 9.90. The van der Waals surface area contributed by atoms with Gasteiger partial charge >= 0.3 is 0 Å². The van der Waals surface area contributed by atoms with Gasteiger partial charge in [-0.15, -0.1) is 0 Å². The van der Waals surface area contributed by atoms with Crippen LogP contribution in [0.15, 0.2) is 24.3 Å². The number of nitrogens with zero attached hydrogens (tertiary/aromatic N) is 1. The summed E-state index contributed by atoms with van der Waals surface area (Å²) in [4.78, 5) is 2.07. The van der Waals surface area contributed by atoms with Crippen molar-refractivity contribution >= 4 is 5.69 Å². The lowest BCUT2D eigenvalue weighted by molar-refractivity contribution is 0.358. The zero-order valence-corrected chi connectivity index (χ0v) is 9.91. The summed E-state index contributed by atoms with van der Waals surface area (Å²) in [5.41, 5.74) is 2.43. The monoisotopic (exact) mass is 222 g/mol. The van der Waals surface area contributed by atoms with Crippen LogP contribution in [-0.4, -0.2) is 33.9 Å². The molecule has 1 aromatic rings. The maximum atomic E-state index is 12.8. The maximum Gasteiger partial charge on any atom is 0.0941 e. The highest BCUT2D eigenvalue weighted by atomic mass is 19.1. The zero-order valence-electron chi connectivity index (χ0n) is 9.91. The van der Waals surface area contributed by atoms with Crippen molar-refractivity contribution in [1.29, 1.82) is 0 Å². The Bertz CT molecular complexity index is 334. The fourth-order valence-corrected chi connectivity index (χ4v) is 2.30. The molecular weight excluding hydrogens is 203 g/mol. The van der Waals surface area contributed by atoms with E-state index in [1.165, 1.54) is 11.3 Å². The molecule has 0 bridgehead atoms. The van der Waals surface area contributed by atoms with E-state index in [1.54, 1.807) is 0 Å². The molecule has 0 aromatic heterocycles. The third kappa shape index (κ3) is 2.19. The summed E-state index contributed by atoms with van der Waals surface area (Å²) in [6.45, 7) is 1.47. The Hall–Kier alpha value is -1.09. The van der Waals surface area contributed by atoms with Crippen molar-refractivity contribution in [3.05, 3.63) is 29.8 Å². The number of rotatable bonds is 3. The Morgan fingerprint density at radius 3 is 2.50 bits per heavy atom. The second kappa shape index (κ2) is 4.83. The van der Waals surface area contributed by atoms with Gasteiger partial charge in [-0.3, -0.25) is 4.39 Å². The van der Waals surface area contributed by atoms with Gasteiger partial charge in [0.1, 0.15) is 0 Å². The molecule has 1 aliphatic heterocycles. The van der Waals surface area contributed by atoms with Crippen LogP contribution in [0.25, 0.3) is 0 Å². The van der Waals surface area contributed by atoms with E-state index >= 15 is 0 Å². The Balaban J connectivity index is 2.15. The molecular formula is C13H19FN2. The molecule has 88 valence electrons. The van der Waals surface area contributed by atoms with Gasteiger partial charge in [-0.2, -0.15) is 0 Å². The van der Waals surface area contributed by atoms with E-state index in [-0.39, 0.29) is 12.6 Å². The number of nitrogens with one attached hydrogen (secondary N) is 1. The molecule has 2 rings (SSSR count). The Morgan fingerprint density at radius 1 is 1.25 bits per heavy atom. The van der Waals surface area contributed by atoms with Gasteiger partial charge in [0.2, 0.25) is 0 Å². The van der Waals surface area contributed by atoms with Crippen LogP contribution in [0, 0.1) is 5.92 Å². The minimum absolute atomic E-state index is 0.144. The second-order valence-corrected chi connectivity index (χ2v) is 4.67. The highest BCUT2D eigenvalue weighted by molar-refractivity contribution is 5.46. The molecule has 1 aromatic carbocycles. The van der Waals surface area contributed by atoms with Crippen molar-refractivity contribution in [3.63, 3.8) is 0 Å². The molecule has 1 N–H and O–H groups in total. The fourth-order valence-electron chi connectivity index (χ4n) is 2.30. The van der Waals surface area contributed by atoms with Crippen LogP contribution >= 0.6 is 0 Å². The summed E-state index contributed by atoms with van der Waals surface area (Å²) in [7, 11) is 4.05. The van der Waals surface area contributed by atoms with E-state index in [2.05, 4.69) is 34.5 Å². The SMILES string of the molecule is CN(C)c1ccc([C@H]2CNC[C@H]2CF)cc1. The Labute approximate surface area is 96.5 Å². The van der Waals surface area contributed by atoms with E-state index in [9.17, 15) is 4.39 Å². The first-order valence-electron chi connectivity index (χ1n) is 5.76. The van der Waals surface area contributed by atoms with Crippen LogP contribution in [0.1, 0.15) is 11.5 Å². The van der Waals surface area contributed by atoms with Gasteiger partial charge in [0.25, 0.3) is 0 Å². The fraction of sp³-hybridized carbons (Fsp3) is 0.538. The molecule has 0 radical (unpaired) electrons. The zero-order chi connectivity index (χ0) is 11.5. The molecule has 1 aliphatic rings. The number of anilines is 1. The summed E-state index contributed by atoms with van der Waals surface area (Å²) >= 11 is 0. The van der Waals surface area contributed by atoms with Crippen LogP contribution in [-0.2, 0) is 0 Å². The highest BCUT2D eigenvalue weighted by Crippen LogP contribution is 2.29. The van der Waals surface area contributed by atoms with E-state index in [4.69, 9.17) is 0 Å². The standard InChI is InChI=1S/C13H19FN2/c1-16(2)12-5-3-10(4-6-12)13-9-15-8-11(13)7-14/h3-6,11,13,15H,7-9H2,1-2H3/t11-,13-/m1/s1. The molecule has 1 saturated heterocycles. The number of hydrogen-bond acceptors (Lipinski definition) is 2. The van der Waals surface area contributed by atoms with Gasteiger partial charge in [-0.1, -0.05) is 12.1 Å². The Morgan fingerprint density at radius 2 is 1.94 bits per heavy atom. The van der Waals surface area contributed by atoms with Gasteiger partial charge in [-0.05, 0) is 17.7 Å². The van der Waals surface area contributed by atoms with Gasteiger partial charge in [0, 0.05) is 44.7 Å². The van der Waals surface area contributed by atoms with Crippen molar-refractivity contribution in [2.75, 3.05) is 38.8 Å².